The highest BCUT2D eigenvalue weighted by atomic mass is 32.1. The Morgan fingerprint density at radius 2 is 2.09 bits per heavy atom. The largest absolute Gasteiger partial charge is 0.464 e. The molecule has 1 fully saturated rings. The van der Waals surface area contributed by atoms with Gasteiger partial charge in [-0.25, -0.2) is 13.8 Å². The Morgan fingerprint density at radius 1 is 1.30 bits per heavy atom. The Balaban J connectivity index is 1.15. The summed E-state index contributed by atoms with van der Waals surface area (Å²) in [6.07, 6.45) is 6.30. The van der Waals surface area contributed by atoms with E-state index < -0.39 is 12.5 Å². The van der Waals surface area contributed by atoms with E-state index in [0.29, 0.717) is 22.9 Å². The van der Waals surface area contributed by atoms with E-state index in [4.69, 9.17) is 9.15 Å². The molecule has 0 atom stereocenters. The Bertz CT molecular complexity index is 937. The van der Waals surface area contributed by atoms with E-state index >= 15 is 0 Å². The van der Waals surface area contributed by atoms with Gasteiger partial charge in [0.15, 0.2) is 6.61 Å². The summed E-state index contributed by atoms with van der Waals surface area (Å²) in [7, 11) is 0. The van der Waals surface area contributed by atoms with E-state index in [0.717, 1.165) is 75.7 Å². The number of carbonyl (C=O) groups excluding carboxylic acids is 1. The minimum Gasteiger partial charge on any atom is -0.464 e. The molecule has 0 radical (unpaired) electrons. The van der Waals surface area contributed by atoms with Gasteiger partial charge in [0.05, 0.1) is 5.69 Å². The molecule has 3 heterocycles. The Labute approximate surface area is 196 Å². The van der Waals surface area contributed by atoms with Crippen LogP contribution in [0.1, 0.15) is 61.4 Å². The summed E-state index contributed by atoms with van der Waals surface area (Å²) in [6, 6.07) is 0.208. The molecule has 1 aliphatic carbocycles. The minimum absolute atomic E-state index is 0.0690. The van der Waals surface area contributed by atoms with Crippen LogP contribution in [0.25, 0.3) is 0 Å². The fourth-order valence-electron chi connectivity index (χ4n) is 4.46. The quantitative estimate of drug-likeness (QED) is 0.583. The van der Waals surface area contributed by atoms with Crippen LogP contribution in [0.2, 0.25) is 0 Å². The number of aromatic nitrogens is 3. The van der Waals surface area contributed by atoms with E-state index in [1.165, 1.54) is 11.3 Å². The van der Waals surface area contributed by atoms with Crippen molar-refractivity contribution in [2.75, 3.05) is 19.7 Å². The maximum absolute atomic E-state index is 13.0. The van der Waals surface area contributed by atoms with Crippen molar-refractivity contribution in [1.82, 2.24) is 25.4 Å². The molecule has 2 aliphatic rings. The van der Waals surface area contributed by atoms with Crippen molar-refractivity contribution < 1.29 is 22.7 Å². The zero-order valence-corrected chi connectivity index (χ0v) is 19.9. The SMILES string of the molecule is Cc1nnc(CC(=O)NC2CCC(CCN3CCc4sc(OCC(C)(F)F)nc4C3)CC2)o1. The molecular weight excluding hydrogens is 452 g/mol. The van der Waals surface area contributed by atoms with Crippen molar-refractivity contribution >= 4 is 17.2 Å². The molecule has 11 heteroatoms. The number of fused-ring (bicyclic) bond motifs is 1. The zero-order valence-electron chi connectivity index (χ0n) is 19.1. The third-order valence-electron chi connectivity index (χ3n) is 6.18. The molecule has 1 saturated carbocycles. The van der Waals surface area contributed by atoms with Gasteiger partial charge in [-0.1, -0.05) is 11.3 Å². The normalized spacial score (nSPS) is 21.6. The molecule has 0 saturated heterocycles. The average molecular weight is 484 g/mol. The second-order valence-corrected chi connectivity index (χ2v) is 10.2. The number of amides is 1. The van der Waals surface area contributed by atoms with Crippen molar-refractivity contribution in [2.45, 2.75) is 77.3 Å². The number of nitrogens with zero attached hydrogens (tertiary/aromatic N) is 4. The fraction of sp³-hybridized carbons (Fsp3) is 0.727. The number of hydrogen-bond donors (Lipinski definition) is 1. The van der Waals surface area contributed by atoms with Crippen LogP contribution in [0.5, 0.6) is 5.19 Å². The lowest BCUT2D eigenvalue weighted by Gasteiger charge is -2.31. The van der Waals surface area contributed by atoms with E-state index in [1.807, 2.05) is 0 Å². The monoisotopic (exact) mass is 483 g/mol. The van der Waals surface area contributed by atoms with Gasteiger partial charge in [0, 0.05) is 37.9 Å². The molecule has 2 aromatic heterocycles. The molecular formula is C22H31F2N5O3S. The van der Waals surface area contributed by atoms with E-state index in [2.05, 4.69) is 25.4 Å². The van der Waals surface area contributed by atoms with Gasteiger partial charge < -0.3 is 14.5 Å². The molecule has 182 valence electrons. The molecule has 8 nitrogen and oxygen atoms in total. The third kappa shape index (κ3) is 7.17. The standard InChI is InChI=1S/C22H31F2N5O3S/c1-14-27-28-20(32-14)11-19(30)25-16-5-3-15(4-6-16)7-9-29-10-8-18-17(12-29)26-21(33-18)31-13-22(2,23)24/h15-16H,3-13H2,1-2H3,(H,25,30). The lowest BCUT2D eigenvalue weighted by atomic mass is 9.84. The first-order chi connectivity index (χ1) is 15.7. The van der Waals surface area contributed by atoms with Gasteiger partial charge in [-0.05, 0) is 51.0 Å². The van der Waals surface area contributed by atoms with Crippen molar-refractivity contribution in [3.63, 3.8) is 0 Å². The smallest absolute Gasteiger partial charge is 0.278 e. The van der Waals surface area contributed by atoms with Crippen molar-refractivity contribution in [3.05, 3.63) is 22.4 Å². The van der Waals surface area contributed by atoms with Crippen LogP contribution >= 0.6 is 11.3 Å². The molecule has 33 heavy (non-hydrogen) atoms. The van der Waals surface area contributed by atoms with Gasteiger partial charge in [-0.3, -0.25) is 9.69 Å². The summed E-state index contributed by atoms with van der Waals surface area (Å²) < 4.78 is 36.5. The van der Waals surface area contributed by atoms with Gasteiger partial charge >= 0.3 is 0 Å². The van der Waals surface area contributed by atoms with E-state index in [1.54, 1.807) is 6.92 Å². The number of rotatable bonds is 9. The average Bonchev–Trinajstić information content (AvgIpc) is 3.36. The van der Waals surface area contributed by atoms with Crippen LogP contribution in [0, 0.1) is 12.8 Å². The first-order valence-corrected chi connectivity index (χ1v) is 12.3. The Kier molecular flexibility index (Phi) is 7.58. The summed E-state index contributed by atoms with van der Waals surface area (Å²) in [6.45, 7) is 4.62. The molecule has 1 N–H and O–H groups in total. The number of alkyl halides is 2. The summed E-state index contributed by atoms with van der Waals surface area (Å²) in [5.74, 6) is -1.45. The van der Waals surface area contributed by atoms with Gasteiger partial charge in [0.2, 0.25) is 17.7 Å². The summed E-state index contributed by atoms with van der Waals surface area (Å²) in [5, 5.41) is 11.1. The highest BCUT2D eigenvalue weighted by molar-refractivity contribution is 7.13. The first-order valence-electron chi connectivity index (χ1n) is 11.5. The van der Waals surface area contributed by atoms with Crippen molar-refractivity contribution in [2.24, 2.45) is 5.92 Å². The molecule has 0 unspecified atom stereocenters. The number of carbonyl (C=O) groups is 1. The van der Waals surface area contributed by atoms with Crippen molar-refractivity contribution in [3.8, 4) is 5.19 Å². The predicted octanol–water partition coefficient (Wildman–Crippen LogP) is 3.53. The van der Waals surface area contributed by atoms with Gasteiger partial charge in [-0.15, -0.1) is 10.2 Å². The van der Waals surface area contributed by atoms with Crippen LogP contribution in [0.4, 0.5) is 8.78 Å². The van der Waals surface area contributed by atoms with Crippen LogP contribution in [-0.4, -0.2) is 57.6 Å². The second kappa shape index (κ2) is 10.4. The number of hydrogen-bond acceptors (Lipinski definition) is 8. The maximum atomic E-state index is 13.0. The van der Waals surface area contributed by atoms with Crippen LogP contribution < -0.4 is 10.1 Å². The number of ether oxygens (including phenoxy) is 1. The third-order valence-corrected chi connectivity index (χ3v) is 7.25. The lowest BCUT2D eigenvalue weighted by Crippen LogP contribution is -2.39. The Morgan fingerprint density at radius 3 is 2.79 bits per heavy atom. The predicted molar refractivity (Wildman–Crippen MR) is 118 cm³/mol. The number of halogens is 2. The highest BCUT2D eigenvalue weighted by Gasteiger charge is 2.27. The molecule has 1 aliphatic heterocycles. The highest BCUT2D eigenvalue weighted by Crippen LogP contribution is 2.32. The maximum Gasteiger partial charge on any atom is 0.278 e. The fourth-order valence-corrected chi connectivity index (χ4v) is 5.36. The van der Waals surface area contributed by atoms with Gasteiger partial charge in [0.1, 0.15) is 6.42 Å². The van der Waals surface area contributed by atoms with E-state index in [9.17, 15) is 13.6 Å². The molecule has 2 aromatic rings. The molecule has 0 bridgehead atoms. The van der Waals surface area contributed by atoms with Crippen LogP contribution in [-0.2, 0) is 24.2 Å². The summed E-state index contributed by atoms with van der Waals surface area (Å²) >= 11 is 1.39. The topological polar surface area (TPSA) is 93.4 Å². The molecule has 1 amide bonds. The van der Waals surface area contributed by atoms with Crippen LogP contribution in [0.3, 0.4) is 0 Å². The van der Waals surface area contributed by atoms with Gasteiger partial charge in [0.25, 0.3) is 11.1 Å². The Hall–Kier alpha value is -2.14. The number of thiazole rings is 1. The lowest BCUT2D eigenvalue weighted by molar-refractivity contribution is -0.121. The minimum atomic E-state index is -2.85. The first kappa shape index (κ1) is 24.0. The second-order valence-electron chi connectivity index (χ2n) is 9.20. The number of nitrogens with one attached hydrogen (secondary N) is 1. The van der Waals surface area contributed by atoms with E-state index in [-0.39, 0.29) is 18.4 Å². The molecule has 0 aromatic carbocycles. The number of aryl methyl sites for hydroxylation is 1. The zero-order chi connectivity index (χ0) is 23.4. The summed E-state index contributed by atoms with van der Waals surface area (Å²) in [5.41, 5.74) is 0.962. The van der Waals surface area contributed by atoms with Crippen LogP contribution in [0.15, 0.2) is 4.42 Å². The van der Waals surface area contributed by atoms with Gasteiger partial charge in [-0.2, -0.15) is 0 Å². The molecule has 4 rings (SSSR count). The molecule has 0 spiro atoms. The van der Waals surface area contributed by atoms with Crippen molar-refractivity contribution in [1.29, 1.82) is 0 Å². The summed E-state index contributed by atoms with van der Waals surface area (Å²) in [4.78, 5) is 20.2.